The molecule has 2 aromatic heterocycles. The van der Waals surface area contributed by atoms with Crippen LogP contribution in [0.1, 0.15) is 74.2 Å². The highest BCUT2D eigenvalue weighted by Crippen LogP contribution is 2.44. The van der Waals surface area contributed by atoms with Gasteiger partial charge in [0.1, 0.15) is 11.9 Å². The fourth-order valence-electron chi connectivity index (χ4n) is 6.01. The molecule has 2 N–H and O–H groups in total. The molecule has 2 saturated heterocycles. The molecule has 1 amide bonds. The van der Waals surface area contributed by atoms with E-state index in [1.807, 2.05) is 11.0 Å². The molecule has 1 saturated carbocycles. The maximum Gasteiger partial charge on any atom is 0.248 e. The number of anilines is 3. The number of aromatic amines is 1. The Morgan fingerprint density at radius 3 is 2.74 bits per heavy atom. The lowest BCUT2D eigenvalue weighted by Crippen LogP contribution is -2.45. The third kappa shape index (κ3) is 4.01. The molecule has 0 bridgehead atoms. The van der Waals surface area contributed by atoms with E-state index in [9.17, 15) is 13.6 Å². The molecule has 2 atom stereocenters. The van der Waals surface area contributed by atoms with Crippen LogP contribution in [-0.2, 0) is 17.6 Å². The van der Waals surface area contributed by atoms with Gasteiger partial charge in [-0.15, -0.1) is 0 Å². The molecule has 2 aliphatic heterocycles. The molecule has 10 heteroatoms. The minimum Gasteiger partial charge on any atom is -0.341 e. The molecule has 0 aromatic carbocycles. The van der Waals surface area contributed by atoms with E-state index in [0.717, 1.165) is 81.5 Å². The van der Waals surface area contributed by atoms with Crippen LogP contribution in [0, 0.1) is 0 Å². The second-order valence-electron chi connectivity index (χ2n) is 10.2. The van der Waals surface area contributed by atoms with Gasteiger partial charge in [-0.05, 0) is 51.4 Å². The number of alkyl halides is 2. The van der Waals surface area contributed by atoms with Gasteiger partial charge in [0.15, 0.2) is 5.82 Å². The highest BCUT2D eigenvalue weighted by atomic mass is 19.3. The predicted molar refractivity (Wildman–Crippen MR) is 124 cm³/mol. The molecule has 2 aliphatic carbocycles. The summed E-state index contributed by atoms with van der Waals surface area (Å²) in [5.74, 6) is -0.707. The molecule has 8 nitrogen and oxygen atoms in total. The van der Waals surface area contributed by atoms with Gasteiger partial charge in [0.25, 0.3) is 0 Å². The van der Waals surface area contributed by atoms with Gasteiger partial charge in [-0.3, -0.25) is 9.89 Å². The molecule has 2 aromatic rings. The Hall–Kier alpha value is -2.78. The summed E-state index contributed by atoms with van der Waals surface area (Å²) in [4.78, 5) is 27.0. The third-order valence-corrected chi connectivity index (χ3v) is 7.82. The number of hydrogen-bond donors (Lipinski definition) is 2. The molecule has 34 heavy (non-hydrogen) atoms. The Morgan fingerprint density at radius 2 is 1.94 bits per heavy atom. The number of carbonyl (C=O) groups excluding carboxylic acids is 1. The molecule has 0 unspecified atom stereocenters. The van der Waals surface area contributed by atoms with Crippen LogP contribution in [0.2, 0.25) is 0 Å². The summed E-state index contributed by atoms with van der Waals surface area (Å²) in [6.45, 7) is 2.45. The number of fused-ring (bicyclic) bond motifs is 1. The van der Waals surface area contributed by atoms with E-state index >= 15 is 0 Å². The van der Waals surface area contributed by atoms with Crippen LogP contribution in [0.15, 0.2) is 6.07 Å². The van der Waals surface area contributed by atoms with Crippen LogP contribution < -0.4 is 10.2 Å². The predicted octanol–water partition coefficient (Wildman–Crippen LogP) is 3.93. The van der Waals surface area contributed by atoms with Crippen molar-refractivity contribution in [1.82, 2.24) is 25.1 Å². The fourth-order valence-corrected chi connectivity index (χ4v) is 6.01. The van der Waals surface area contributed by atoms with Crippen LogP contribution >= 0.6 is 0 Å². The average molecular weight is 472 g/mol. The molecular formula is C24H31F2N7O. The molecular weight excluding hydrogens is 440 g/mol. The largest absolute Gasteiger partial charge is 0.341 e. The van der Waals surface area contributed by atoms with Gasteiger partial charge in [0.2, 0.25) is 17.8 Å². The number of aromatic nitrogens is 4. The first-order valence-electron chi connectivity index (χ1n) is 12.6. The van der Waals surface area contributed by atoms with E-state index in [2.05, 4.69) is 20.4 Å². The van der Waals surface area contributed by atoms with Crippen LogP contribution in [-0.4, -0.2) is 62.6 Å². The number of rotatable bonds is 5. The van der Waals surface area contributed by atoms with Crippen molar-refractivity contribution < 1.29 is 13.6 Å². The van der Waals surface area contributed by atoms with Gasteiger partial charge in [-0.1, -0.05) is 0 Å². The number of nitrogens with one attached hydrogen (secondary N) is 2. The van der Waals surface area contributed by atoms with Gasteiger partial charge < -0.3 is 15.1 Å². The summed E-state index contributed by atoms with van der Waals surface area (Å²) < 4.78 is 27.3. The maximum absolute atomic E-state index is 13.7. The van der Waals surface area contributed by atoms with Gasteiger partial charge in [0, 0.05) is 55.7 Å². The highest BCUT2D eigenvalue weighted by Gasteiger charge is 2.41. The molecule has 0 radical (unpaired) electrons. The van der Waals surface area contributed by atoms with E-state index in [1.165, 1.54) is 0 Å². The minimum atomic E-state index is -2.59. The van der Waals surface area contributed by atoms with Crippen LogP contribution in [0.4, 0.5) is 26.4 Å². The van der Waals surface area contributed by atoms with Crippen molar-refractivity contribution >= 4 is 23.5 Å². The standard InChI is InChI=1S/C24H31F2N7O/c25-24(26)9-8-15(14-24)18-13-20(31-30-18)28-21-16-5-3-6-17(16)27-23(29-21)33-12-4-7-19(33)22(34)32-10-1-2-11-32/h13,15,19H,1-12,14H2,(H2,27,28,29,30,31)/t15-,19+/m0/s1. The van der Waals surface area contributed by atoms with Crippen LogP contribution in [0.25, 0.3) is 0 Å². The topological polar surface area (TPSA) is 90.0 Å². The Balaban J connectivity index is 1.25. The summed E-state index contributed by atoms with van der Waals surface area (Å²) in [5.41, 5.74) is 2.85. The monoisotopic (exact) mass is 471 g/mol. The van der Waals surface area contributed by atoms with Crippen molar-refractivity contribution in [2.24, 2.45) is 0 Å². The summed E-state index contributed by atoms with van der Waals surface area (Å²) in [6.07, 6.45) is 6.97. The number of aryl methyl sites for hydroxylation is 1. The summed E-state index contributed by atoms with van der Waals surface area (Å²) in [6, 6.07) is 1.62. The minimum absolute atomic E-state index is 0.0740. The van der Waals surface area contributed by atoms with Gasteiger partial charge >= 0.3 is 0 Å². The smallest absolute Gasteiger partial charge is 0.248 e. The van der Waals surface area contributed by atoms with E-state index in [-0.39, 0.29) is 30.7 Å². The number of amides is 1. The van der Waals surface area contributed by atoms with Crippen molar-refractivity contribution in [2.45, 2.75) is 82.1 Å². The first-order chi connectivity index (χ1) is 16.5. The van der Waals surface area contributed by atoms with Crippen molar-refractivity contribution in [2.75, 3.05) is 29.9 Å². The number of likely N-dealkylation sites (tertiary alicyclic amines) is 1. The van der Waals surface area contributed by atoms with Crippen molar-refractivity contribution in [3.63, 3.8) is 0 Å². The number of carbonyl (C=O) groups is 1. The molecule has 0 spiro atoms. The SMILES string of the molecule is O=C([C@H]1CCCN1c1nc2c(c(Nc3cc([C@H]4CCC(F)(F)C4)[nH]n3)n1)CCC2)N1CCCC1. The summed E-state index contributed by atoms with van der Waals surface area (Å²) in [7, 11) is 0. The van der Waals surface area contributed by atoms with Gasteiger partial charge in [0.05, 0.1) is 5.69 Å². The number of H-pyrrole nitrogens is 1. The molecule has 6 rings (SSSR count). The second kappa shape index (κ2) is 8.46. The first-order valence-corrected chi connectivity index (χ1v) is 12.6. The van der Waals surface area contributed by atoms with E-state index in [4.69, 9.17) is 9.97 Å². The van der Waals surface area contributed by atoms with Gasteiger partial charge in [-0.25, -0.2) is 13.8 Å². The van der Waals surface area contributed by atoms with Crippen LogP contribution in [0.5, 0.6) is 0 Å². The molecule has 3 fully saturated rings. The Kier molecular flexibility index (Phi) is 5.41. The summed E-state index contributed by atoms with van der Waals surface area (Å²) in [5, 5.41) is 10.6. The number of halogens is 2. The fraction of sp³-hybridized carbons (Fsp3) is 0.667. The Morgan fingerprint density at radius 1 is 1.09 bits per heavy atom. The van der Waals surface area contributed by atoms with Crippen LogP contribution in [0.3, 0.4) is 0 Å². The van der Waals surface area contributed by atoms with Gasteiger partial charge in [-0.2, -0.15) is 10.1 Å². The number of hydrogen-bond acceptors (Lipinski definition) is 6. The van der Waals surface area contributed by atoms with Crippen molar-refractivity contribution in [3.8, 4) is 0 Å². The quantitative estimate of drug-likeness (QED) is 0.687. The zero-order chi connectivity index (χ0) is 23.3. The number of nitrogens with zero attached hydrogens (tertiary/aromatic N) is 5. The van der Waals surface area contributed by atoms with Crippen molar-refractivity contribution in [3.05, 3.63) is 23.0 Å². The zero-order valence-corrected chi connectivity index (χ0v) is 19.3. The maximum atomic E-state index is 13.7. The molecule has 182 valence electrons. The van der Waals surface area contributed by atoms with E-state index in [1.54, 1.807) is 0 Å². The molecule has 4 aliphatic rings. The lowest BCUT2D eigenvalue weighted by molar-refractivity contribution is -0.131. The molecule has 4 heterocycles. The zero-order valence-electron chi connectivity index (χ0n) is 19.3. The summed E-state index contributed by atoms with van der Waals surface area (Å²) >= 11 is 0. The second-order valence-corrected chi connectivity index (χ2v) is 10.2. The van der Waals surface area contributed by atoms with Crippen molar-refractivity contribution in [1.29, 1.82) is 0 Å². The first kappa shape index (κ1) is 21.7. The Labute approximate surface area is 197 Å². The third-order valence-electron chi connectivity index (χ3n) is 7.82. The highest BCUT2D eigenvalue weighted by molar-refractivity contribution is 5.85. The lowest BCUT2D eigenvalue weighted by Gasteiger charge is -2.28. The average Bonchev–Trinajstić information content (AvgIpc) is 3.63. The Bertz CT molecular complexity index is 1080. The van der Waals surface area contributed by atoms with E-state index < -0.39 is 5.92 Å². The lowest BCUT2D eigenvalue weighted by atomic mass is 10.0. The normalized spacial score (nSPS) is 25.8. The van der Waals surface area contributed by atoms with E-state index in [0.29, 0.717) is 24.0 Å².